The molecule has 0 amide bonds. The fraction of sp³-hybridized carbons (Fsp3) is 0.500. The summed E-state index contributed by atoms with van der Waals surface area (Å²) in [5, 5.41) is 12.9. The van der Waals surface area contributed by atoms with Crippen LogP contribution in [0.3, 0.4) is 0 Å². The van der Waals surface area contributed by atoms with Crippen LogP contribution in [-0.4, -0.2) is 21.7 Å². The summed E-state index contributed by atoms with van der Waals surface area (Å²) in [6.07, 6.45) is 4.54. The Morgan fingerprint density at radius 2 is 2.41 bits per heavy atom. The molecule has 5 heteroatoms. The molecule has 17 heavy (non-hydrogen) atoms. The van der Waals surface area contributed by atoms with Gasteiger partial charge >= 0.3 is 0 Å². The third-order valence-electron chi connectivity index (χ3n) is 3.09. The van der Waals surface area contributed by atoms with E-state index in [9.17, 15) is 0 Å². The molecule has 1 saturated heterocycles. The average molecular weight is 248 g/mol. The van der Waals surface area contributed by atoms with Crippen molar-refractivity contribution in [2.24, 2.45) is 0 Å². The number of piperidine rings is 1. The Morgan fingerprint density at radius 3 is 3.18 bits per heavy atom. The van der Waals surface area contributed by atoms with Gasteiger partial charge < -0.3 is 5.32 Å². The van der Waals surface area contributed by atoms with Crippen molar-refractivity contribution < 1.29 is 0 Å². The molecule has 3 heterocycles. The highest BCUT2D eigenvalue weighted by Crippen LogP contribution is 2.20. The molecule has 0 bridgehead atoms. The highest BCUT2D eigenvalue weighted by atomic mass is 32.1. The molecule has 3 rings (SSSR count). The Morgan fingerprint density at radius 1 is 1.41 bits per heavy atom. The van der Waals surface area contributed by atoms with Crippen molar-refractivity contribution in [2.45, 2.75) is 31.7 Å². The summed E-state index contributed by atoms with van der Waals surface area (Å²) in [6, 6.07) is 4.54. The quantitative estimate of drug-likeness (QED) is 0.876. The Kier molecular flexibility index (Phi) is 3.20. The summed E-state index contributed by atoms with van der Waals surface area (Å²) in [5.74, 6) is 1.89. The van der Waals surface area contributed by atoms with Crippen LogP contribution in [0, 0.1) is 0 Å². The monoisotopic (exact) mass is 248 g/mol. The predicted octanol–water partition coefficient (Wildman–Crippen LogP) is 2.27. The van der Waals surface area contributed by atoms with Crippen LogP contribution in [0.1, 0.15) is 41.8 Å². The topological polar surface area (TPSA) is 53.6 Å². The second kappa shape index (κ2) is 4.98. The molecule has 0 aliphatic carbocycles. The van der Waals surface area contributed by atoms with Crippen LogP contribution in [0.2, 0.25) is 0 Å². The number of rotatable bonds is 3. The summed E-state index contributed by atoms with van der Waals surface area (Å²) in [4.78, 5) is 5.91. The van der Waals surface area contributed by atoms with Gasteiger partial charge in [-0.1, -0.05) is 12.5 Å². The minimum atomic E-state index is 0.345. The Labute approximate surface area is 104 Å². The van der Waals surface area contributed by atoms with E-state index in [4.69, 9.17) is 0 Å². The molecule has 90 valence electrons. The molecule has 2 aromatic rings. The highest BCUT2D eigenvalue weighted by molar-refractivity contribution is 7.09. The van der Waals surface area contributed by atoms with Gasteiger partial charge in [0.2, 0.25) is 0 Å². The molecule has 1 atom stereocenters. The zero-order valence-electron chi connectivity index (χ0n) is 9.65. The molecular weight excluding hydrogens is 232 g/mol. The van der Waals surface area contributed by atoms with Gasteiger partial charge in [-0.15, -0.1) is 11.3 Å². The van der Waals surface area contributed by atoms with Gasteiger partial charge in [0, 0.05) is 11.3 Å². The van der Waals surface area contributed by atoms with E-state index in [2.05, 4.69) is 38.0 Å². The van der Waals surface area contributed by atoms with Crippen molar-refractivity contribution in [3.05, 3.63) is 34.0 Å². The molecule has 0 saturated carbocycles. The fourth-order valence-corrected chi connectivity index (χ4v) is 2.90. The maximum absolute atomic E-state index is 4.59. The van der Waals surface area contributed by atoms with Gasteiger partial charge in [-0.25, -0.2) is 4.98 Å². The lowest BCUT2D eigenvalue weighted by Crippen LogP contribution is -2.27. The molecule has 0 radical (unpaired) electrons. The molecule has 1 aliphatic heterocycles. The number of hydrogen-bond donors (Lipinski definition) is 2. The average Bonchev–Trinajstić information content (AvgIpc) is 3.02. The van der Waals surface area contributed by atoms with E-state index in [1.54, 1.807) is 11.3 Å². The minimum absolute atomic E-state index is 0.345. The first-order chi connectivity index (χ1) is 8.42. The Bertz CT molecular complexity index is 457. The van der Waals surface area contributed by atoms with E-state index in [1.807, 2.05) is 0 Å². The van der Waals surface area contributed by atoms with Gasteiger partial charge in [0.25, 0.3) is 0 Å². The lowest BCUT2D eigenvalue weighted by atomic mass is 10.0. The normalized spacial score (nSPS) is 20.6. The van der Waals surface area contributed by atoms with E-state index < -0.39 is 0 Å². The SMILES string of the molecule is c1csc(Cc2nc(C3CCCCN3)n[nH]2)c1. The molecule has 1 unspecified atom stereocenters. The number of aromatic nitrogens is 3. The van der Waals surface area contributed by atoms with Crippen LogP contribution >= 0.6 is 11.3 Å². The Balaban J connectivity index is 1.69. The van der Waals surface area contributed by atoms with Crippen molar-refractivity contribution in [1.29, 1.82) is 0 Å². The number of aromatic amines is 1. The van der Waals surface area contributed by atoms with Crippen LogP contribution in [0.5, 0.6) is 0 Å². The van der Waals surface area contributed by atoms with Crippen molar-refractivity contribution in [3.8, 4) is 0 Å². The first kappa shape index (κ1) is 10.9. The molecule has 2 N–H and O–H groups in total. The first-order valence-corrected chi connectivity index (χ1v) is 6.97. The zero-order valence-corrected chi connectivity index (χ0v) is 10.5. The van der Waals surface area contributed by atoms with Gasteiger partial charge in [0.15, 0.2) is 5.82 Å². The second-order valence-corrected chi connectivity index (χ2v) is 5.43. The lowest BCUT2D eigenvalue weighted by molar-refractivity contribution is 0.398. The van der Waals surface area contributed by atoms with Crippen molar-refractivity contribution >= 4 is 11.3 Å². The van der Waals surface area contributed by atoms with Crippen molar-refractivity contribution in [3.63, 3.8) is 0 Å². The van der Waals surface area contributed by atoms with E-state index in [1.165, 1.54) is 17.7 Å². The standard InChI is InChI=1S/C12H16N4S/c1-2-6-13-10(5-1)12-14-11(15-16-12)8-9-4-3-7-17-9/h3-4,7,10,13H,1-2,5-6,8H2,(H,14,15,16). The van der Waals surface area contributed by atoms with Crippen molar-refractivity contribution in [2.75, 3.05) is 6.54 Å². The Hall–Kier alpha value is -1.20. The number of nitrogens with one attached hydrogen (secondary N) is 2. The molecular formula is C12H16N4S. The van der Waals surface area contributed by atoms with Gasteiger partial charge in [-0.2, -0.15) is 5.10 Å². The first-order valence-electron chi connectivity index (χ1n) is 6.09. The van der Waals surface area contributed by atoms with E-state index >= 15 is 0 Å². The molecule has 1 fully saturated rings. The number of nitrogens with zero attached hydrogens (tertiary/aromatic N) is 2. The molecule has 0 spiro atoms. The third-order valence-corrected chi connectivity index (χ3v) is 3.97. The van der Waals surface area contributed by atoms with Crippen LogP contribution in [0.15, 0.2) is 17.5 Å². The lowest BCUT2D eigenvalue weighted by Gasteiger charge is -2.20. The minimum Gasteiger partial charge on any atom is -0.307 e. The summed E-state index contributed by atoms with van der Waals surface area (Å²) >= 11 is 1.76. The number of thiophene rings is 1. The van der Waals surface area contributed by atoms with Crippen LogP contribution < -0.4 is 5.32 Å². The van der Waals surface area contributed by atoms with E-state index in [0.717, 1.165) is 31.0 Å². The predicted molar refractivity (Wildman–Crippen MR) is 68.1 cm³/mol. The number of hydrogen-bond acceptors (Lipinski definition) is 4. The van der Waals surface area contributed by atoms with E-state index in [-0.39, 0.29) is 0 Å². The van der Waals surface area contributed by atoms with Gasteiger partial charge in [0.1, 0.15) is 5.82 Å². The molecule has 1 aliphatic rings. The summed E-state index contributed by atoms with van der Waals surface area (Å²) < 4.78 is 0. The van der Waals surface area contributed by atoms with Crippen LogP contribution in [-0.2, 0) is 6.42 Å². The summed E-state index contributed by atoms with van der Waals surface area (Å²) in [7, 11) is 0. The maximum atomic E-state index is 4.59. The summed E-state index contributed by atoms with van der Waals surface area (Å²) in [6.45, 7) is 1.08. The second-order valence-electron chi connectivity index (χ2n) is 4.40. The smallest absolute Gasteiger partial charge is 0.167 e. The highest BCUT2D eigenvalue weighted by Gasteiger charge is 2.18. The molecule has 0 aromatic carbocycles. The molecule has 4 nitrogen and oxygen atoms in total. The van der Waals surface area contributed by atoms with Crippen LogP contribution in [0.25, 0.3) is 0 Å². The largest absolute Gasteiger partial charge is 0.307 e. The third kappa shape index (κ3) is 2.56. The number of H-pyrrole nitrogens is 1. The maximum Gasteiger partial charge on any atom is 0.167 e. The van der Waals surface area contributed by atoms with Gasteiger partial charge in [-0.05, 0) is 30.8 Å². The fourth-order valence-electron chi connectivity index (χ4n) is 2.20. The van der Waals surface area contributed by atoms with Crippen LogP contribution in [0.4, 0.5) is 0 Å². The van der Waals surface area contributed by atoms with Gasteiger partial charge in [-0.3, -0.25) is 5.10 Å². The van der Waals surface area contributed by atoms with Gasteiger partial charge in [0.05, 0.1) is 6.04 Å². The summed E-state index contributed by atoms with van der Waals surface area (Å²) in [5.41, 5.74) is 0. The zero-order chi connectivity index (χ0) is 11.5. The van der Waals surface area contributed by atoms with E-state index in [0.29, 0.717) is 6.04 Å². The van der Waals surface area contributed by atoms with Crippen molar-refractivity contribution in [1.82, 2.24) is 20.5 Å². The molecule has 2 aromatic heterocycles.